The summed E-state index contributed by atoms with van der Waals surface area (Å²) < 4.78 is 0. The van der Waals surface area contributed by atoms with Crippen LogP contribution in [0.2, 0.25) is 0 Å². The lowest BCUT2D eigenvalue weighted by Crippen LogP contribution is -2.50. The molecule has 7 nitrogen and oxygen atoms in total. The van der Waals surface area contributed by atoms with Crippen molar-refractivity contribution in [3.63, 3.8) is 0 Å². The van der Waals surface area contributed by atoms with E-state index in [-0.39, 0.29) is 35.0 Å². The Kier molecular flexibility index (Phi) is 8.74. The predicted molar refractivity (Wildman–Crippen MR) is 134 cm³/mol. The summed E-state index contributed by atoms with van der Waals surface area (Å²) in [4.78, 5) is 44.7. The molecule has 1 aromatic rings. The molecule has 1 aromatic carbocycles. The summed E-state index contributed by atoms with van der Waals surface area (Å²) in [6, 6.07) is 7.62. The number of likely N-dealkylation sites (tertiary alicyclic amines) is 2. The van der Waals surface area contributed by atoms with Crippen molar-refractivity contribution in [2.24, 2.45) is 17.3 Å². The number of hydrogen-bond acceptors (Lipinski definition) is 4. The van der Waals surface area contributed by atoms with Crippen LogP contribution in [0.25, 0.3) is 0 Å². The highest BCUT2D eigenvalue weighted by atomic mass is 16.2. The molecule has 1 atom stereocenters. The highest BCUT2D eigenvalue weighted by molar-refractivity contribution is 5.94. The number of aryl methyl sites for hydroxylation is 1. The number of nitrogens with zero attached hydrogens (tertiary/aromatic N) is 3. The van der Waals surface area contributed by atoms with Crippen LogP contribution in [-0.2, 0) is 9.59 Å². The summed E-state index contributed by atoms with van der Waals surface area (Å²) in [6.07, 6.45) is 3.06. The van der Waals surface area contributed by atoms with Crippen LogP contribution < -0.4 is 5.32 Å². The lowest BCUT2D eigenvalue weighted by Gasteiger charge is -2.38. The second-order valence-corrected chi connectivity index (χ2v) is 11.2. The monoisotopic (exact) mass is 470 g/mol. The van der Waals surface area contributed by atoms with Crippen molar-refractivity contribution in [3.05, 3.63) is 35.4 Å². The van der Waals surface area contributed by atoms with Crippen LogP contribution >= 0.6 is 0 Å². The fraction of sp³-hybridized carbons (Fsp3) is 0.667. The second-order valence-electron chi connectivity index (χ2n) is 11.2. The molecule has 2 aliphatic heterocycles. The van der Waals surface area contributed by atoms with Gasteiger partial charge in [-0.3, -0.25) is 14.4 Å². The first-order chi connectivity index (χ1) is 16.1. The average molecular weight is 471 g/mol. The first-order valence-corrected chi connectivity index (χ1v) is 12.6. The van der Waals surface area contributed by atoms with Crippen molar-refractivity contribution in [2.75, 3.05) is 53.4 Å². The Hall–Kier alpha value is -2.41. The van der Waals surface area contributed by atoms with E-state index in [0.29, 0.717) is 51.1 Å². The molecule has 34 heavy (non-hydrogen) atoms. The maximum absolute atomic E-state index is 13.2. The van der Waals surface area contributed by atoms with Crippen molar-refractivity contribution in [1.82, 2.24) is 20.0 Å². The first-order valence-electron chi connectivity index (χ1n) is 12.6. The van der Waals surface area contributed by atoms with E-state index >= 15 is 0 Å². The van der Waals surface area contributed by atoms with E-state index in [2.05, 4.69) is 24.1 Å². The van der Waals surface area contributed by atoms with Gasteiger partial charge in [-0.15, -0.1) is 0 Å². The Labute approximate surface area is 204 Å². The first kappa shape index (κ1) is 26.2. The molecule has 1 N–H and O–H groups in total. The lowest BCUT2D eigenvalue weighted by atomic mass is 9.90. The minimum absolute atomic E-state index is 0.00469. The number of hydrogen-bond donors (Lipinski definition) is 1. The largest absolute Gasteiger partial charge is 0.355 e. The standard InChI is InChI=1S/C27H42N4O3/c1-20-8-10-22(11-9-20)25(33)31-14-6-7-23(17-31)26(34)30-15-12-21(13-16-30)24(32)28-18-27(2,3)19-29(4)5/h8-11,21,23H,6-7,12-19H2,1-5H3,(H,28,32). The average Bonchev–Trinajstić information content (AvgIpc) is 2.81. The number of carbonyl (C=O) groups is 3. The summed E-state index contributed by atoms with van der Waals surface area (Å²) in [5.41, 5.74) is 1.82. The maximum Gasteiger partial charge on any atom is 0.253 e. The van der Waals surface area contributed by atoms with Gasteiger partial charge in [-0.05, 0) is 64.3 Å². The summed E-state index contributed by atoms with van der Waals surface area (Å²) in [5.74, 6) is 0.0504. The van der Waals surface area contributed by atoms with E-state index in [0.717, 1.165) is 24.9 Å². The summed E-state index contributed by atoms with van der Waals surface area (Å²) in [6.45, 7) is 10.3. The molecular formula is C27H42N4O3. The normalized spacial score (nSPS) is 19.9. The smallest absolute Gasteiger partial charge is 0.253 e. The van der Waals surface area contributed by atoms with E-state index in [1.807, 2.05) is 55.1 Å². The molecule has 188 valence electrons. The number of nitrogens with one attached hydrogen (secondary N) is 1. The van der Waals surface area contributed by atoms with Crippen LogP contribution in [0.15, 0.2) is 24.3 Å². The Morgan fingerprint density at radius 1 is 0.971 bits per heavy atom. The third-order valence-corrected chi connectivity index (χ3v) is 7.02. The van der Waals surface area contributed by atoms with Gasteiger partial charge >= 0.3 is 0 Å². The van der Waals surface area contributed by atoms with E-state index in [9.17, 15) is 14.4 Å². The molecule has 0 spiro atoms. The molecule has 2 fully saturated rings. The van der Waals surface area contributed by atoms with Gasteiger partial charge in [-0.25, -0.2) is 0 Å². The van der Waals surface area contributed by atoms with Gasteiger partial charge in [0.05, 0.1) is 5.92 Å². The van der Waals surface area contributed by atoms with Crippen molar-refractivity contribution >= 4 is 17.7 Å². The number of carbonyl (C=O) groups excluding carboxylic acids is 3. The van der Waals surface area contributed by atoms with Gasteiger partial charge in [0.15, 0.2) is 0 Å². The fourth-order valence-corrected chi connectivity index (χ4v) is 5.24. The maximum atomic E-state index is 13.2. The molecule has 2 saturated heterocycles. The summed E-state index contributed by atoms with van der Waals surface area (Å²) >= 11 is 0. The zero-order chi connectivity index (χ0) is 24.9. The highest BCUT2D eigenvalue weighted by Crippen LogP contribution is 2.25. The van der Waals surface area contributed by atoms with Crippen molar-refractivity contribution in [2.45, 2.75) is 46.5 Å². The van der Waals surface area contributed by atoms with Crippen molar-refractivity contribution < 1.29 is 14.4 Å². The van der Waals surface area contributed by atoms with Crippen LogP contribution in [0.3, 0.4) is 0 Å². The van der Waals surface area contributed by atoms with Gasteiger partial charge < -0.3 is 20.0 Å². The van der Waals surface area contributed by atoms with Gasteiger partial charge in [0, 0.05) is 50.7 Å². The molecule has 3 rings (SSSR count). The van der Waals surface area contributed by atoms with Crippen molar-refractivity contribution in [3.8, 4) is 0 Å². The van der Waals surface area contributed by atoms with Gasteiger partial charge in [0.25, 0.3) is 5.91 Å². The molecule has 0 bridgehead atoms. The van der Waals surface area contributed by atoms with Gasteiger partial charge in [-0.1, -0.05) is 31.5 Å². The molecule has 0 saturated carbocycles. The molecule has 0 aromatic heterocycles. The Morgan fingerprint density at radius 2 is 1.62 bits per heavy atom. The minimum Gasteiger partial charge on any atom is -0.355 e. The summed E-state index contributed by atoms with van der Waals surface area (Å²) in [5, 5.41) is 3.13. The number of rotatable bonds is 7. The number of amides is 3. The second kappa shape index (κ2) is 11.3. The van der Waals surface area contributed by atoms with E-state index in [1.54, 1.807) is 0 Å². The topological polar surface area (TPSA) is 73.0 Å². The van der Waals surface area contributed by atoms with Gasteiger partial charge in [0.2, 0.25) is 11.8 Å². The third kappa shape index (κ3) is 7.05. The number of piperidine rings is 2. The van der Waals surface area contributed by atoms with E-state index < -0.39 is 0 Å². The van der Waals surface area contributed by atoms with Gasteiger partial charge in [-0.2, -0.15) is 0 Å². The zero-order valence-electron chi connectivity index (χ0n) is 21.6. The Balaban J connectivity index is 1.47. The number of benzene rings is 1. The molecule has 7 heteroatoms. The molecule has 2 heterocycles. The molecule has 3 amide bonds. The van der Waals surface area contributed by atoms with Crippen molar-refractivity contribution in [1.29, 1.82) is 0 Å². The Morgan fingerprint density at radius 3 is 2.24 bits per heavy atom. The van der Waals surface area contributed by atoms with Crippen LogP contribution in [-0.4, -0.2) is 85.8 Å². The minimum atomic E-state index is -0.152. The predicted octanol–water partition coefficient (Wildman–Crippen LogP) is 2.79. The quantitative estimate of drug-likeness (QED) is 0.665. The molecule has 0 aliphatic carbocycles. The zero-order valence-corrected chi connectivity index (χ0v) is 21.6. The molecule has 2 aliphatic rings. The van der Waals surface area contributed by atoms with Crippen LogP contribution in [0.4, 0.5) is 0 Å². The Bertz CT molecular complexity index is 857. The van der Waals surface area contributed by atoms with E-state index in [1.165, 1.54) is 0 Å². The molecule has 1 unspecified atom stereocenters. The van der Waals surface area contributed by atoms with Gasteiger partial charge in [0.1, 0.15) is 0 Å². The van der Waals surface area contributed by atoms with Crippen LogP contribution in [0.5, 0.6) is 0 Å². The molecule has 0 radical (unpaired) electrons. The third-order valence-electron chi connectivity index (χ3n) is 7.02. The lowest BCUT2D eigenvalue weighted by molar-refractivity contribution is -0.140. The summed E-state index contributed by atoms with van der Waals surface area (Å²) in [7, 11) is 4.08. The van der Waals surface area contributed by atoms with Crippen LogP contribution in [0.1, 0.15) is 55.5 Å². The molecular weight excluding hydrogens is 428 g/mol. The van der Waals surface area contributed by atoms with Crippen LogP contribution in [0, 0.1) is 24.2 Å². The fourth-order valence-electron chi connectivity index (χ4n) is 5.24. The van der Waals surface area contributed by atoms with E-state index in [4.69, 9.17) is 0 Å². The highest BCUT2D eigenvalue weighted by Gasteiger charge is 2.34. The SMILES string of the molecule is Cc1ccc(C(=O)N2CCCC(C(=O)N3CCC(C(=O)NCC(C)(C)CN(C)C)CC3)C2)cc1.